The lowest BCUT2D eigenvalue weighted by Gasteiger charge is -2.33. The number of rotatable bonds is 4. The van der Waals surface area contributed by atoms with Gasteiger partial charge in [-0.3, -0.25) is 9.59 Å². The van der Waals surface area contributed by atoms with Crippen LogP contribution in [0.15, 0.2) is 45.9 Å². The summed E-state index contributed by atoms with van der Waals surface area (Å²) in [5.41, 5.74) is 0.340. The van der Waals surface area contributed by atoms with Crippen molar-refractivity contribution in [2.45, 2.75) is 24.3 Å². The minimum Gasteiger partial charge on any atom is -0.478 e. The molecule has 0 radical (unpaired) electrons. The van der Waals surface area contributed by atoms with Crippen molar-refractivity contribution in [1.82, 2.24) is 9.21 Å². The molecule has 9 nitrogen and oxygen atoms in total. The Balaban J connectivity index is 1.48. The third kappa shape index (κ3) is 3.60. The number of anilines is 1. The van der Waals surface area contributed by atoms with Gasteiger partial charge in [0.05, 0.1) is 16.8 Å². The number of carbonyl (C=O) groups excluding carboxylic acids is 2. The van der Waals surface area contributed by atoms with Crippen LogP contribution in [-0.2, 0) is 14.8 Å². The molecule has 3 heterocycles. The van der Waals surface area contributed by atoms with Crippen LogP contribution < -0.4 is 10.1 Å². The van der Waals surface area contributed by atoms with Gasteiger partial charge in [0.1, 0.15) is 5.75 Å². The Kier molecular flexibility index (Phi) is 5.05. The summed E-state index contributed by atoms with van der Waals surface area (Å²) in [5.74, 6) is 0.132. The van der Waals surface area contributed by atoms with Gasteiger partial charge in [0.25, 0.3) is 11.8 Å². The van der Waals surface area contributed by atoms with Gasteiger partial charge in [-0.1, -0.05) is 6.92 Å². The van der Waals surface area contributed by atoms with Gasteiger partial charge in [-0.2, -0.15) is 4.31 Å². The summed E-state index contributed by atoms with van der Waals surface area (Å²) in [6.45, 7) is 2.72. The molecular weight excluding hydrogens is 398 g/mol. The van der Waals surface area contributed by atoms with Crippen molar-refractivity contribution in [1.29, 1.82) is 0 Å². The van der Waals surface area contributed by atoms with Crippen molar-refractivity contribution >= 4 is 27.5 Å². The monoisotopic (exact) mass is 419 g/mol. The minimum absolute atomic E-state index is 0.0703. The highest BCUT2D eigenvalue weighted by molar-refractivity contribution is 7.89. The fourth-order valence-corrected chi connectivity index (χ4v) is 4.84. The Labute approximate surface area is 168 Å². The number of nitrogens with one attached hydrogen (secondary N) is 1. The normalized spacial score (nSPS) is 20.0. The van der Waals surface area contributed by atoms with E-state index in [4.69, 9.17) is 9.15 Å². The van der Waals surface area contributed by atoms with Crippen LogP contribution in [0.4, 0.5) is 5.69 Å². The smallest absolute Gasteiger partial charge is 0.289 e. The van der Waals surface area contributed by atoms with Crippen LogP contribution in [0, 0.1) is 0 Å². The molecule has 1 atom stereocenters. The number of ether oxygens (including phenoxy) is 1. The Bertz CT molecular complexity index is 1030. The molecule has 4 rings (SSSR count). The number of benzene rings is 1. The summed E-state index contributed by atoms with van der Waals surface area (Å²) in [4.78, 5) is 26.0. The van der Waals surface area contributed by atoms with E-state index in [1.165, 1.54) is 22.7 Å². The first-order valence-electron chi connectivity index (χ1n) is 9.34. The van der Waals surface area contributed by atoms with Gasteiger partial charge in [-0.05, 0) is 36.8 Å². The number of furan rings is 1. The van der Waals surface area contributed by atoms with E-state index in [-0.39, 0.29) is 48.6 Å². The first-order valence-corrected chi connectivity index (χ1v) is 10.8. The van der Waals surface area contributed by atoms with E-state index in [0.717, 1.165) is 0 Å². The molecular formula is C19H21N3O6S. The lowest BCUT2D eigenvalue weighted by atomic mass is 10.2. The molecule has 2 aromatic rings. The molecule has 2 aliphatic heterocycles. The Hall–Kier alpha value is -2.85. The molecule has 0 spiro atoms. The molecule has 154 valence electrons. The van der Waals surface area contributed by atoms with Crippen molar-refractivity contribution in [3.63, 3.8) is 0 Å². The zero-order valence-electron chi connectivity index (χ0n) is 15.8. The van der Waals surface area contributed by atoms with Crippen molar-refractivity contribution in [3.05, 3.63) is 42.4 Å². The molecule has 2 amide bonds. The summed E-state index contributed by atoms with van der Waals surface area (Å²) < 4.78 is 38.1. The summed E-state index contributed by atoms with van der Waals surface area (Å²) >= 11 is 0. The summed E-state index contributed by atoms with van der Waals surface area (Å²) in [7, 11) is -3.77. The van der Waals surface area contributed by atoms with Crippen LogP contribution in [0.2, 0.25) is 0 Å². The molecule has 1 saturated heterocycles. The topological polar surface area (TPSA) is 109 Å². The predicted octanol–water partition coefficient (Wildman–Crippen LogP) is 1.54. The number of fused-ring (bicyclic) bond motifs is 1. The molecule has 29 heavy (non-hydrogen) atoms. The Morgan fingerprint density at radius 2 is 1.97 bits per heavy atom. The maximum Gasteiger partial charge on any atom is 0.289 e. The maximum atomic E-state index is 13.0. The second-order valence-electron chi connectivity index (χ2n) is 6.84. The number of amides is 2. The molecule has 0 saturated carbocycles. The largest absolute Gasteiger partial charge is 0.478 e. The second-order valence-corrected chi connectivity index (χ2v) is 8.77. The molecule has 0 unspecified atom stereocenters. The van der Waals surface area contributed by atoms with Gasteiger partial charge in [-0.15, -0.1) is 0 Å². The average molecular weight is 419 g/mol. The second kappa shape index (κ2) is 7.53. The van der Waals surface area contributed by atoms with E-state index in [1.807, 2.05) is 6.92 Å². The minimum atomic E-state index is -3.77. The Morgan fingerprint density at radius 1 is 1.21 bits per heavy atom. The van der Waals surface area contributed by atoms with Gasteiger partial charge in [-0.25, -0.2) is 8.42 Å². The van der Waals surface area contributed by atoms with Gasteiger partial charge in [0, 0.05) is 26.2 Å². The van der Waals surface area contributed by atoms with E-state index in [2.05, 4.69) is 5.32 Å². The first-order chi connectivity index (χ1) is 13.9. The lowest BCUT2D eigenvalue weighted by Crippen LogP contribution is -2.50. The number of hydrogen-bond donors (Lipinski definition) is 1. The molecule has 1 fully saturated rings. The van der Waals surface area contributed by atoms with E-state index >= 15 is 0 Å². The summed E-state index contributed by atoms with van der Waals surface area (Å²) in [6, 6.07) is 7.65. The molecule has 1 aromatic heterocycles. The number of carbonyl (C=O) groups is 2. The third-order valence-electron chi connectivity index (χ3n) is 5.04. The zero-order valence-corrected chi connectivity index (χ0v) is 16.6. The fourth-order valence-electron chi connectivity index (χ4n) is 3.40. The summed E-state index contributed by atoms with van der Waals surface area (Å²) in [6.07, 6.45) is 1.37. The Morgan fingerprint density at radius 3 is 2.62 bits per heavy atom. The molecule has 2 aliphatic rings. The van der Waals surface area contributed by atoms with E-state index in [0.29, 0.717) is 17.9 Å². The molecule has 0 aliphatic carbocycles. The van der Waals surface area contributed by atoms with E-state index in [9.17, 15) is 18.0 Å². The first kappa shape index (κ1) is 19.5. The predicted molar refractivity (Wildman–Crippen MR) is 103 cm³/mol. The van der Waals surface area contributed by atoms with Crippen molar-refractivity contribution in [2.75, 3.05) is 31.5 Å². The van der Waals surface area contributed by atoms with Crippen LogP contribution >= 0.6 is 0 Å². The number of sulfonamides is 1. The number of hydrogen-bond acceptors (Lipinski definition) is 6. The van der Waals surface area contributed by atoms with Crippen LogP contribution in [0.5, 0.6) is 5.75 Å². The van der Waals surface area contributed by atoms with Crippen LogP contribution in [-0.4, -0.2) is 61.7 Å². The van der Waals surface area contributed by atoms with Crippen molar-refractivity contribution in [2.24, 2.45) is 0 Å². The molecule has 1 aromatic carbocycles. The highest BCUT2D eigenvalue weighted by Crippen LogP contribution is 2.33. The van der Waals surface area contributed by atoms with Gasteiger partial charge < -0.3 is 19.4 Å². The number of nitrogens with zero attached hydrogens (tertiary/aromatic N) is 2. The van der Waals surface area contributed by atoms with Gasteiger partial charge in [0.2, 0.25) is 10.0 Å². The highest BCUT2D eigenvalue weighted by Gasteiger charge is 2.33. The SMILES string of the molecule is CC[C@@H]1Oc2ccc(S(=O)(=O)N3CCN(C(=O)c4ccco4)CC3)cc2NC1=O. The number of piperazine rings is 1. The van der Waals surface area contributed by atoms with Crippen LogP contribution in [0.3, 0.4) is 0 Å². The molecule has 0 bridgehead atoms. The summed E-state index contributed by atoms with van der Waals surface area (Å²) in [5, 5.41) is 2.70. The average Bonchev–Trinajstić information content (AvgIpc) is 3.27. The van der Waals surface area contributed by atoms with Gasteiger partial charge >= 0.3 is 0 Å². The third-order valence-corrected chi connectivity index (χ3v) is 6.93. The molecule has 1 N–H and O–H groups in total. The van der Waals surface area contributed by atoms with Crippen molar-refractivity contribution < 1.29 is 27.2 Å². The quantitative estimate of drug-likeness (QED) is 0.805. The van der Waals surface area contributed by atoms with Crippen molar-refractivity contribution in [3.8, 4) is 5.75 Å². The maximum absolute atomic E-state index is 13.0. The highest BCUT2D eigenvalue weighted by atomic mass is 32.2. The van der Waals surface area contributed by atoms with E-state index < -0.39 is 16.1 Å². The molecule has 10 heteroatoms. The zero-order chi connectivity index (χ0) is 20.6. The van der Waals surface area contributed by atoms with Crippen LogP contribution in [0.25, 0.3) is 0 Å². The fraction of sp³-hybridized carbons (Fsp3) is 0.368. The van der Waals surface area contributed by atoms with Crippen LogP contribution in [0.1, 0.15) is 23.9 Å². The standard InChI is InChI=1S/C19H21N3O6S/c1-2-15-18(23)20-14-12-13(5-6-16(14)28-15)29(25,26)22-9-7-21(8-10-22)19(24)17-4-3-11-27-17/h3-6,11-12,15H,2,7-10H2,1H3,(H,20,23)/t15-/m0/s1. The van der Waals surface area contributed by atoms with Gasteiger partial charge in [0.15, 0.2) is 11.9 Å². The lowest BCUT2D eigenvalue weighted by molar-refractivity contribution is -0.123. The van der Waals surface area contributed by atoms with E-state index in [1.54, 1.807) is 23.1 Å².